The molecule has 3 aromatic rings. The average molecular weight is 507 g/mol. The van der Waals surface area contributed by atoms with Gasteiger partial charge in [0.15, 0.2) is 10.8 Å². The van der Waals surface area contributed by atoms with E-state index in [9.17, 15) is 13.2 Å². The molecule has 4 rings (SSSR count). The standard InChI is InChI=1S/C25H29F3N4O2S/c1-24(2,3)17-10-5-6-12-19(17)34-21-18(11-7-13-29-21)30-23-31-20(25(26,27)28)22(35-23)32-14-8-9-16(15-32)33-4/h5-7,10-13,16H,8-9,14-15H2,1-4H3,(H,30,31). The SMILES string of the molecule is COC1CCCN(c2sc(Nc3cccnc3Oc3ccccc3C(C)(C)C)nc2C(F)(F)F)C1. The molecule has 3 heterocycles. The normalized spacial score (nSPS) is 16.9. The first-order valence-electron chi connectivity index (χ1n) is 11.4. The number of alkyl halides is 3. The van der Waals surface area contributed by atoms with E-state index in [1.807, 2.05) is 24.3 Å². The van der Waals surface area contributed by atoms with Crippen molar-refractivity contribution in [2.24, 2.45) is 0 Å². The number of thiazole rings is 1. The number of nitrogens with zero attached hydrogens (tertiary/aromatic N) is 3. The molecule has 0 bridgehead atoms. The van der Waals surface area contributed by atoms with Crippen molar-refractivity contribution < 1.29 is 22.6 Å². The van der Waals surface area contributed by atoms with Gasteiger partial charge in [-0.05, 0) is 36.5 Å². The van der Waals surface area contributed by atoms with Gasteiger partial charge in [-0.2, -0.15) is 13.2 Å². The molecule has 10 heteroatoms. The maximum absolute atomic E-state index is 13.9. The molecule has 0 aliphatic carbocycles. The minimum Gasteiger partial charge on any atom is -0.437 e. The van der Waals surface area contributed by atoms with Crippen molar-refractivity contribution in [3.63, 3.8) is 0 Å². The van der Waals surface area contributed by atoms with E-state index in [-0.39, 0.29) is 27.5 Å². The lowest BCUT2D eigenvalue weighted by molar-refractivity contribution is -0.140. The third kappa shape index (κ3) is 5.87. The van der Waals surface area contributed by atoms with Gasteiger partial charge < -0.3 is 19.7 Å². The summed E-state index contributed by atoms with van der Waals surface area (Å²) in [6, 6.07) is 11.0. The molecule has 35 heavy (non-hydrogen) atoms. The van der Waals surface area contributed by atoms with Gasteiger partial charge in [0.05, 0.1) is 6.10 Å². The summed E-state index contributed by atoms with van der Waals surface area (Å²) in [6.45, 7) is 7.16. The largest absolute Gasteiger partial charge is 0.437 e. The summed E-state index contributed by atoms with van der Waals surface area (Å²) >= 11 is 0.967. The van der Waals surface area contributed by atoms with E-state index in [0.29, 0.717) is 24.5 Å². The van der Waals surface area contributed by atoms with Crippen molar-refractivity contribution in [3.05, 3.63) is 53.9 Å². The van der Waals surface area contributed by atoms with Crippen molar-refractivity contribution in [3.8, 4) is 11.6 Å². The lowest BCUT2D eigenvalue weighted by Crippen LogP contribution is -2.39. The van der Waals surface area contributed by atoms with E-state index >= 15 is 0 Å². The quantitative estimate of drug-likeness (QED) is 0.388. The highest BCUT2D eigenvalue weighted by Gasteiger charge is 2.40. The van der Waals surface area contributed by atoms with Crippen molar-refractivity contribution >= 4 is 27.2 Å². The molecule has 1 aliphatic rings. The van der Waals surface area contributed by atoms with Crippen LogP contribution in [0.25, 0.3) is 0 Å². The van der Waals surface area contributed by atoms with E-state index in [1.165, 1.54) is 0 Å². The van der Waals surface area contributed by atoms with E-state index in [4.69, 9.17) is 9.47 Å². The number of pyridine rings is 1. The zero-order valence-electron chi connectivity index (χ0n) is 20.1. The molecule has 1 N–H and O–H groups in total. The highest BCUT2D eigenvalue weighted by molar-refractivity contribution is 7.19. The highest BCUT2D eigenvalue weighted by Crippen LogP contribution is 2.44. The van der Waals surface area contributed by atoms with E-state index in [0.717, 1.165) is 29.7 Å². The molecule has 0 amide bonds. The average Bonchev–Trinajstić information content (AvgIpc) is 3.25. The first kappa shape index (κ1) is 25.2. The molecule has 1 aliphatic heterocycles. The molecular formula is C25H29F3N4O2S. The van der Waals surface area contributed by atoms with Crippen LogP contribution in [0.5, 0.6) is 11.6 Å². The molecule has 0 radical (unpaired) electrons. The van der Waals surface area contributed by atoms with Crippen molar-refractivity contribution in [2.75, 3.05) is 30.4 Å². The Bertz CT molecular complexity index is 1160. The molecule has 1 aromatic carbocycles. The smallest absolute Gasteiger partial charge is 0.436 e. The van der Waals surface area contributed by atoms with Crippen LogP contribution in [0.1, 0.15) is 44.9 Å². The van der Waals surface area contributed by atoms with Gasteiger partial charge in [-0.15, -0.1) is 0 Å². The molecule has 0 spiro atoms. The Balaban J connectivity index is 1.64. The van der Waals surface area contributed by atoms with Gasteiger partial charge in [-0.3, -0.25) is 0 Å². The number of hydrogen-bond acceptors (Lipinski definition) is 7. The molecular weight excluding hydrogens is 477 g/mol. The summed E-state index contributed by atoms with van der Waals surface area (Å²) < 4.78 is 53.2. The number of nitrogens with one attached hydrogen (secondary N) is 1. The molecule has 0 saturated carbocycles. The molecule has 1 atom stereocenters. The number of anilines is 3. The summed E-state index contributed by atoms with van der Waals surface area (Å²) in [5.41, 5.74) is 0.356. The van der Waals surface area contributed by atoms with Crippen molar-refractivity contribution in [1.29, 1.82) is 0 Å². The van der Waals surface area contributed by atoms with Crippen LogP contribution in [0.2, 0.25) is 0 Å². The second-order valence-corrected chi connectivity index (χ2v) is 10.4. The van der Waals surface area contributed by atoms with Crippen LogP contribution in [-0.4, -0.2) is 36.3 Å². The zero-order chi connectivity index (χ0) is 25.2. The van der Waals surface area contributed by atoms with E-state index < -0.39 is 11.9 Å². The number of para-hydroxylation sites is 1. The van der Waals surface area contributed by atoms with Gasteiger partial charge in [0.2, 0.25) is 5.88 Å². The van der Waals surface area contributed by atoms with E-state index in [1.54, 1.807) is 30.3 Å². The first-order chi connectivity index (χ1) is 16.6. The number of hydrogen-bond donors (Lipinski definition) is 1. The Morgan fingerprint density at radius 2 is 1.89 bits per heavy atom. The van der Waals surface area contributed by atoms with Crippen LogP contribution in [0.3, 0.4) is 0 Å². The fraction of sp³-hybridized carbons (Fsp3) is 0.440. The van der Waals surface area contributed by atoms with Crippen molar-refractivity contribution in [1.82, 2.24) is 9.97 Å². The van der Waals surface area contributed by atoms with Gasteiger partial charge in [0.1, 0.15) is 16.4 Å². The minimum absolute atomic E-state index is 0.0891. The lowest BCUT2D eigenvalue weighted by Gasteiger charge is -2.33. The number of methoxy groups -OCH3 is 1. The molecule has 6 nitrogen and oxygen atoms in total. The number of rotatable bonds is 6. The molecule has 188 valence electrons. The fourth-order valence-corrected chi connectivity index (χ4v) is 5.08. The minimum atomic E-state index is -4.58. The zero-order valence-corrected chi connectivity index (χ0v) is 21.0. The Hall–Kier alpha value is -2.85. The maximum atomic E-state index is 13.9. The maximum Gasteiger partial charge on any atom is 0.436 e. The van der Waals surface area contributed by atoms with Gasteiger partial charge in [0.25, 0.3) is 0 Å². The highest BCUT2D eigenvalue weighted by atomic mass is 32.1. The van der Waals surface area contributed by atoms with Crippen LogP contribution in [0, 0.1) is 0 Å². The summed E-state index contributed by atoms with van der Waals surface area (Å²) in [7, 11) is 1.58. The Kier molecular flexibility index (Phi) is 7.23. The van der Waals surface area contributed by atoms with Crippen molar-refractivity contribution in [2.45, 2.75) is 51.3 Å². The van der Waals surface area contributed by atoms with E-state index in [2.05, 4.69) is 36.1 Å². The number of piperidine rings is 1. The lowest BCUT2D eigenvalue weighted by atomic mass is 9.86. The molecule has 1 fully saturated rings. The Labute approximate surface area is 207 Å². The third-order valence-electron chi connectivity index (χ3n) is 5.79. The van der Waals surface area contributed by atoms with Crippen LogP contribution >= 0.6 is 11.3 Å². The number of ether oxygens (including phenoxy) is 2. The third-order valence-corrected chi connectivity index (χ3v) is 6.82. The number of benzene rings is 1. The predicted octanol–water partition coefficient (Wildman–Crippen LogP) is 7.01. The van der Waals surface area contributed by atoms with Crippen LogP contribution in [-0.2, 0) is 16.3 Å². The number of halogens is 3. The first-order valence-corrected chi connectivity index (χ1v) is 12.2. The summed E-state index contributed by atoms with van der Waals surface area (Å²) in [5.74, 6) is 0.892. The van der Waals surface area contributed by atoms with Gasteiger partial charge in [-0.1, -0.05) is 50.3 Å². The van der Waals surface area contributed by atoms with Crippen LogP contribution < -0.4 is 15.0 Å². The summed E-state index contributed by atoms with van der Waals surface area (Å²) in [6.07, 6.45) is -1.53. The Morgan fingerprint density at radius 1 is 1.11 bits per heavy atom. The summed E-state index contributed by atoms with van der Waals surface area (Å²) in [5, 5.41) is 3.22. The number of aromatic nitrogens is 2. The van der Waals surface area contributed by atoms with Crippen LogP contribution in [0.15, 0.2) is 42.6 Å². The topological polar surface area (TPSA) is 59.5 Å². The van der Waals surface area contributed by atoms with Gasteiger partial charge >= 0.3 is 6.18 Å². The molecule has 1 unspecified atom stereocenters. The Morgan fingerprint density at radius 3 is 2.60 bits per heavy atom. The second kappa shape index (κ2) is 10.0. The molecule has 2 aromatic heterocycles. The monoisotopic (exact) mass is 506 g/mol. The van der Waals surface area contributed by atoms with Gasteiger partial charge in [-0.25, -0.2) is 9.97 Å². The molecule has 1 saturated heterocycles. The predicted molar refractivity (Wildman–Crippen MR) is 132 cm³/mol. The van der Waals surface area contributed by atoms with Gasteiger partial charge in [0, 0.05) is 32.0 Å². The second-order valence-electron chi connectivity index (χ2n) is 9.45. The summed E-state index contributed by atoms with van der Waals surface area (Å²) in [4.78, 5) is 9.96. The van der Waals surface area contributed by atoms with Crippen LogP contribution in [0.4, 0.5) is 29.0 Å². The fourth-order valence-electron chi connectivity index (χ4n) is 4.04.